The Morgan fingerprint density at radius 3 is 2.44 bits per heavy atom. The van der Waals surface area contributed by atoms with E-state index in [-0.39, 0.29) is 10.5 Å². The molecule has 0 aromatic rings. The van der Waals surface area contributed by atoms with Crippen LogP contribution < -0.4 is 0 Å². The second-order valence-electron chi connectivity index (χ2n) is 7.07. The van der Waals surface area contributed by atoms with E-state index < -0.39 is 8.32 Å². The Bertz CT molecular complexity index is 316. The van der Waals surface area contributed by atoms with Gasteiger partial charge in [0.1, 0.15) is 5.78 Å². The van der Waals surface area contributed by atoms with E-state index in [0.717, 1.165) is 19.3 Å². The zero-order valence-electron chi connectivity index (χ0n) is 11.2. The molecule has 0 unspecified atom stereocenters. The van der Waals surface area contributed by atoms with Crippen molar-refractivity contribution in [2.45, 2.75) is 58.2 Å². The van der Waals surface area contributed by atoms with E-state index in [4.69, 9.17) is 4.43 Å². The lowest BCUT2D eigenvalue weighted by molar-refractivity contribution is -0.123. The second kappa shape index (κ2) is 3.42. The molecule has 0 heterocycles. The van der Waals surface area contributed by atoms with Crippen LogP contribution in [0.3, 0.4) is 0 Å². The molecule has 0 radical (unpaired) electrons. The van der Waals surface area contributed by atoms with E-state index in [1.165, 1.54) is 0 Å². The molecule has 2 nitrogen and oxygen atoms in total. The van der Waals surface area contributed by atoms with E-state index in [9.17, 15) is 4.79 Å². The second-order valence-corrected chi connectivity index (χ2v) is 11.9. The van der Waals surface area contributed by atoms with Crippen LogP contribution in [0.2, 0.25) is 18.1 Å². The molecule has 16 heavy (non-hydrogen) atoms. The van der Waals surface area contributed by atoms with Gasteiger partial charge in [-0.3, -0.25) is 4.79 Å². The number of hydrogen-bond donors (Lipinski definition) is 0. The number of hydrogen-bond acceptors (Lipinski definition) is 2. The molecule has 0 aliphatic heterocycles. The molecule has 0 N–H and O–H groups in total. The van der Waals surface area contributed by atoms with Crippen LogP contribution >= 0.6 is 0 Å². The quantitative estimate of drug-likeness (QED) is 0.707. The maximum atomic E-state index is 11.8. The van der Waals surface area contributed by atoms with Crippen LogP contribution in [0.25, 0.3) is 0 Å². The molecular weight excluding hydrogens is 216 g/mol. The van der Waals surface area contributed by atoms with Gasteiger partial charge in [-0.05, 0) is 36.9 Å². The topological polar surface area (TPSA) is 26.3 Å². The Balaban J connectivity index is 1.96. The SMILES string of the molecule is CC(C)(C)[Si](C)(C)OC[C@@]12C[C@@H]1CCC2=O. The Morgan fingerprint density at radius 2 is 2.06 bits per heavy atom. The van der Waals surface area contributed by atoms with Crippen LogP contribution in [-0.4, -0.2) is 20.7 Å². The van der Waals surface area contributed by atoms with Gasteiger partial charge >= 0.3 is 0 Å². The van der Waals surface area contributed by atoms with Crippen LogP contribution in [0.15, 0.2) is 0 Å². The number of fused-ring (bicyclic) bond motifs is 1. The van der Waals surface area contributed by atoms with Crippen molar-refractivity contribution in [3.63, 3.8) is 0 Å². The number of rotatable bonds is 3. The number of ketones is 1. The van der Waals surface area contributed by atoms with Crippen LogP contribution in [-0.2, 0) is 9.22 Å². The van der Waals surface area contributed by atoms with Crippen LogP contribution in [0, 0.1) is 11.3 Å². The van der Waals surface area contributed by atoms with Gasteiger partial charge in [-0.15, -0.1) is 0 Å². The lowest BCUT2D eigenvalue weighted by atomic mass is 10.0. The fourth-order valence-electron chi connectivity index (χ4n) is 2.44. The van der Waals surface area contributed by atoms with Gasteiger partial charge in [0, 0.05) is 13.0 Å². The van der Waals surface area contributed by atoms with Crippen molar-refractivity contribution in [2.24, 2.45) is 11.3 Å². The zero-order valence-corrected chi connectivity index (χ0v) is 12.2. The number of carbonyl (C=O) groups excluding carboxylic acids is 1. The summed E-state index contributed by atoms with van der Waals surface area (Å²) >= 11 is 0. The third-order valence-electron chi connectivity index (χ3n) is 5.00. The molecule has 2 aliphatic rings. The van der Waals surface area contributed by atoms with Crippen LogP contribution in [0.4, 0.5) is 0 Å². The van der Waals surface area contributed by atoms with Crippen LogP contribution in [0.1, 0.15) is 40.0 Å². The van der Waals surface area contributed by atoms with E-state index in [2.05, 4.69) is 33.9 Å². The fourth-order valence-corrected chi connectivity index (χ4v) is 3.49. The van der Waals surface area contributed by atoms with Gasteiger partial charge in [0.15, 0.2) is 8.32 Å². The maximum Gasteiger partial charge on any atom is 0.192 e. The fraction of sp³-hybridized carbons (Fsp3) is 0.923. The smallest absolute Gasteiger partial charge is 0.192 e. The first kappa shape index (κ1) is 12.3. The molecular formula is C13H24O2Si. The molecule has 0 aromatic heterocycles. The average Bonchev–Trinajstić information content (AvgIpc) is 2.77. The van der Waals surface area contributed by atoms with Crippen molar-refractivity contribution < 1.29 is 9.22 Å². The highest BCUT2D eigenvalue weighted by Gasteiger charge is 2.63. The molecule has 3 heteroatoms. The summed E-state index contributed by atoms with van der Waals surface area (Å²) in [6, 6.07) is 0. The summed E-state index contributed by atoms with van der Waals surface area (Å²) < 4.78 is 6.21. The lowest BCUT2D eigenvalue weighted by Gasteiger charge is -2.37. The van der Waals surface area contributed by atoms with Crippen molar-refractivity contribution >= 4 is 14.1 Å². The molecule has 0 spiro atoms. The summed E-state index contributed by atoms with van der Waals surface area (Å²) in [4.78, 5) is 11.8. The van der Waals surface area contributed by atoms with Crippen molar-refractivity contribution in [2.75, 3.05) is 6.61 Å². The number of carbonyl (C=O) groups is 1. The van der Waals surface area contributed by atoms with Gasteiger partial charge in [0.05, 0.1) is 5.41 Å². The third-order valence-corrected chi connectivity index (χ3v) is 9.48. The van der Waals surface area contributed by atoms with E-state index in [0.29, 0.717) is 18.3 Å². The van der Waals surface area contributed by atoms with Gasteiger partial charge in [0.2, 0.25) is 0 Å². The lowest BCUT2D eigenvalue weighted by Crippen LogP contribution is -2.43. The van der Waals surface area contributed by atoms with Gasteiger partial charge in [0.25, 0.3) is 0 Å². The Hall–Kier alpha value is -0.153. The number of Topliss-reactive ketones (excluding diaryl/α,β-unsaturated/α-hetero) is 1. The van der Waals surface area contributed by atoms with Gasteiger partial charge < -0.3 is 4.43 Å². The minimum atomic E-state index is -1.67. The van der Waals surface area contributed by atoms with Crippen molar-refractivity contribution in [1.29, 1.82) is 0 Å². The summed E-state index contributed by atoms with van der Waals surface area (Å²) in [6.45, 7) is 12.0. The molecule has 0 saturated heterocycles. The largest absolute Gasteiger partial charge is 0.416 e. The summed E-state index contributed by atoms with van der Waals surface area (Å²) in [6.07, 6.45) is 3.01. The first-order valence-corrected chi connectivity index (χ1v) is 9.27. The molecule has 0 amide bonds. The Labute approximate surface area is 99.9 Å². The first-order chi connectivity index (χ1) is 7.19. The highest BCUT2D eigenvalue weighted by molar-refractivity contribution is 6.74. The molecule has 92 valence electrons. The molecule has 2 rings (SSSR count). The monoisotopic (exact) mass is 240 g/mol. The summed E-state index contributed by atoms with van der Waals surface area (Å²) in [5.74, 6) is 1.13. The average molecular weight is 240 g/mol. The summed E-state index contributed by atoms with van der Waals surface area (Å²) in [5.41, 5.74) is -0.0322. The molecule has 2 saturated carbocycles. The summed E-state index contributed by atoms with van der Waals surface area (Å²) in [7, 11) is -1.67. The third kappa shape index (κ3) is 1.78. The molecule has 2 fully saturated rings. The standard InChI is InChI=1S/C13H24O2Si/c1-12(2,3)16(4,5)15-9-13-8-10(13)6-7-11(13)14/h10H,6-9H2,1-5H3/t10-,13-/m0/s1. The van der Waals surface area contributed by atoms with Gasteiger partial charge in [-0.25, -0.2) is 0 Å². The van der Waals surface area contributed by atoms with Crippen molar-refractivity contribution in [3.8, 4) is 0 Å². The highest BCUT2D eigenvalue weighted by Crippen LogP contribution is 2.61. The van der Waals surface area contributed by atoms with Gasteiger partial charge in [-0.1, -0.05) is 20.8 Å². The molecule has 0 bridgehead atoms. The van der Waals surface area contributed by atoms with E-state index in [1.54, 1.807) is 0 Å². The van der Waals surface area contributed by atoms with Crippen LogP contribution in [0.5, 0.6) is 0 Å². The molecule has 2 aliphatic carbocycles. The Kier molecular flexibility index (Phi) is 2.63. The van der Waals surface area contributed by atoms with Gasteiger partial charge in [-0.2, -0.15) is 0 Å². The summed E-state index contributed by atoms with van der Waals surface area (Å²) in [5, 5.41) is 0.246. The predicted molar refractivity (Wildman–Crippen MR) is 67.9 cm³/mol. The normalized spacial score (nSPS) is 34.1. The predicted octanol–water partition coefficient (Wildman–Crippen LogP) is 3.38. The highest BCUT2D eigenvalue weighted by atomic mass is 28.4. The first-order valence-electron chi connectivity index (χ1n) is 6.36. The minimum absolute atomic E-state index is 0.0322. The minimum Gasteiger partial charge on any atom is -0.416 e. The van der Waals surface area contributed by atoms with E-state index >= 15 is 0 Å². The maximum absolute atomic E-state index is 11.8. The Morgan fingerprint density at radius 1 is 1.44 bits per heavy atom. The molecule has 2 atom stereocenters. The zero-order chi connectivity index (χ0) is 12.2. The van der Waals surface area contributed by atoms with Crippen molar-refractivity contribution in [1.82, 2.24) is 0 Å². The molecule has 0 aromatic carbocycles. The van der Waals surface area contributed by atoms with Crippen molar-refractivity contribution in [3.05, 3.63) is 0 Å². The van der Waals surface area contributed by atoms with E-state index in [1.807, 2.05) is 0 Å².